The van der Waals surface area contributed by atoms with E-state index in [9.17, 15) is 4.79 Å². The molecule has 0 aromatic rings. The highest BCUT2D eigenvalue weighted by Gasteiger charge is 2.11. The summed E-state index contributed by atoms with van der Waals surface area (Å²) in [5.41, 5.74) is 0. The zero-order valence-electron chi connectivity index (χ0n) is 7.71. The van der Waals surface area contributed by atoms with Crippen molar-refractivity contribution in [2.45, 2.75) is 25.4 Å². The van der Waals surface area contributed by atoms with E-state index in [1.165, 1.54) is 7.11 Å². The molecule has 0 aromatic carbocycles. The SMILES string of the molecule is C=CCC[C@H](CC(=O)OC)OC. The molecule has 12 heavy (non-hydrogen) atoms. The van der Waals surface area contributed by atoms with Gasteiger partial charge in [0.1, 0.15) is 0 Å². The van der Waals surface area contributed by atoms with Crippen LogP contribution in [0.25, 0.3) is 0 Å². The Hall–Kier alpha value is -0.830. The molecule has 0 radical (unpaired) electrons. The minimum Gasteiger partial charge on any atom is -0.469 e. The Morgan fingerprint density at radius 3 is 2.67 bits per heavy atom. The number of rotatable bonds is 6. The van der Waals surface area contributed by atoms with Gasteiger partial charge in [0.15, 0.2) is 0 Å². The van der Waals surface area contributed by atoms with Crippen LogP contribution in [-0.4, -0.2) is 26.3 Å². The molecule has 3 nitrogen and oxygen atoms in total. The monoisotopic (exact) mass is 172 g/mol. The number of hydrogen-bond donors (Lipinski definition) is 0. The first-order valence-corrected chi connectivity index (χ1v) is 3.95. The third-order valence-electron chi connectivity index (χ3n) is 1.65. The van der Waals surface area contributed by atoms with E-state index in [0.29, 0.717) is 6.42 Å². The van der Waals surface area contributed by atoms with E-state index in [4.69, 9.17) is 4.74 Å². The van der Waals surface area contributed by atoms with Gasteiger partial charge in [0.05, 0.1) is 19.6 Å². The summed E-state index contributed by atoms with van der Waals surface area (Å²) in [5, 5.41) is 0. The lowest BCUT2D eigenvalue weighted by atomic mass is 10.1. The number of carbonyl (C=O) groups excluding carboxylic acids is 1. The average molecular weight is 172 g/mol. The third kappa shape index (κ3) is 4.91. The molecule has 0 saturated carbocycles. The number of hydrogen-bond acceptors (Lipinski definition) is 3. The second-order valence-corrected chi connectivity index (χ2v) is 2.50. The fraction of sp³-hybridized carbons (Fsp3) is 0.667. The van der Waals surface area contributed by atoms with Gasteiger partial charge >= 0.3 is 5.97 Å². The molecule has 70 valence electrons. The topological polar surface area (TPSA) is 35.5 Å². The smallest absolute Gasteiger partial charge is 0.308 e. The predicted octanol–water partition coefficient (Wildman–Crippen LogP) is 1.53. The summed E-state index contributed by atoms with van der Waals surface area (Å²) in [6, 6.07) is 0. The van der Waals surface area contributed by atoms with E-state index in [1.54, 1.807) is 7.11 Å². The minimum absolute atomic E-state index is 0.0459. The zero-order valence-corrected chi connectivity index (χ0v) is 7.71. The van der Waals surface area contributed by atoms with E-state index in [0.717, 1.165) is 12.8 Å². The molecule has 0 aliphatic carbocycles. The van der Waals surface area contributed by atoms with Crippen molar-refractivity contribution >= 4 is 5.97 Å². The van der Waals surface area contributed by atoms with Crippen LogP contribution >= 0.6 is 0 Å². The lowest BCUT2D eigenvalue weighted by molar-refractivity contribution is -0.143. The molecule has 0 aromatic heterocycles. The summed E-state index contributed by atoms with van der Waals surface area (Å²) in [5.74, 6) is -0.231. The average Bonchev–Trinajstić information content (AvgIpc) is 2.11. The molecule has 0 N–H and O–H groups in total. The highest BCUT2D eigenvalue weighted by molar-refractivity contribution is 5.69. The molecular weight excluding hydrogens is 156 g/mol. The Kier molecular flexibility index (Phi) is 6.38. The van der Waals surface area contributed by atoms with Crippen molar-refractivity contribution in [2.75, 3.05) is 14.2 Å². The number of methoxy groups -OCH3 is 2. The maximum absolute atomic E-state index is 10.8. The highest BCUT2D eigenvalue weighted by Crippen LogP contribution is 2.06. The lowest BCUT2D eigenvalue weighted by Crippen LogP contribution is -2.16. The summed E-state index contributed by atoms with van der Waals surface area (Å²) in [4.78, 5) is 10.8. The fourth-order valence-corrected chi connectivity index (χ4v) is 0.876. The van der Waals surface area contributed by atoms with E-state index in [2.05, 4.69) is 11.3 Å². The van der Waals surface area contributed by atoms with Crippen molar-refractivity contribution in [3.05, 3.63) is 12.7 Å². The van der Waals surface area contributed by atoms with Gasteiger partial charge in [-0.15, -0.1) is 6.58 Å². The Morgan fingerprint density at radius 2 is 2.25 bits per heavy atom. The molecule has 0 aliphatic rings. The largest absolute Gasteiger partial charge is 0.469 e. The second kappa shape index (κ2) is 6.85. The molecule has 0 bridgehead atoms. The van der Waals surface area contributed by atoms with Crippen LogP contribution < -0.4 is 0 Å². The molecule has 0 heterocycles. The van der Waals surface area contributed by atoms with E-state index in [-0.39, 0.29) is 12.1 Å². The normalized spacial score (nSPS) is 12.2. The highest BCUT2D eigenvalue weighted by atomic mass is 16.5. The van der Waals surface area contributed by atoms with Gasteiger partial charge in [0.2, 0.25) is 0 Å². The molecule has 0 spiro atoms. The third-order valence-corrected chi connectivity index (χ3v) is 1.65. The Morgan fingerprint density at radius 1 is 1.58 bits per heavy atom. The zero-order chi connectivity index (χ0) is 9.40. The van der Waals surface area contributed by atoms with Gasteiger partial charge in [-0.25, -0.2) is 0 Å². The van der Waals surface area contributed by atoms with Crippen LogP contribution in [0.1, 0.15) is 19.3 Å². The van der Waals surface area contributed by atoms with E-state index < -0.39 is 0 Å². The first-order chi connectivity index (χ1) is 5.74. The predicted molar refractivity (Wildman–Crippen MR) is 46.9 cm³/mol. The van der Waals surface area contributed by atoms with Crippen molar-refractivity contribution in [3.8, 4) is 0 Å². The van der Waals surface area contributed by atoms with Gasteiger partial charge in [-0.3, -0.25) is 4.79 Å². The molecule has 0 saturated heterocycles. The minimum atomic E-state index is -0.231. The molecule has 0 amide bonds. The maximum atomic E-state index is 10.8. The summed E-state index contributed by atoms with van der Waals surface area (Å²) in [6.45, 7) is 3.59. The van der Waals surface area contributed by atoms with Crippen LogP contribution in [-0.2, 0) is 14.3 Å². The van der Waals surface area contributed by atoms with Gasteiger partial charge < -0.3 is 9.47 Å². The number of allylic oxidation sites excluding steroid dienone is 1. The van der Waals surface area contributed by atoms with Gasteiger partial charge in [-0.05, 0) is 12.8 Å². The van der Waals surface area contributed by atoms with Gasteiger partial charge in [0.25, 0.3) is 0 Å². The summed E-state index contributed by atoms with van der Waals surface area (Å²) < 4.78 is 9.59. The van der Waals surface area contributed by atoms with Crippen molar-refractivity contribution in [2.24, 2.45) is 0 Å². The Bertz CT molecular complexity index is 143. The van der Waals surface area contributed by atoms with E-state index >= 15 is 0 Å². The Labute approximate surface area is 73.4 Å². The van der Waals surface area contributed by atoms with Crippen molar-refractivity contribution < 1.29 is 14.3 Å². The molecule has 0 aliphatic heterocycles. The van der Waals surface area contributed by atoms with Crippen LogP contribution in [0.15, 0.2) is 12.7 Å². The fourth-order valence-electron chi connectivity index (χ4n) is 0.876. The number of ether oxygens (including phenoxy) is 2. The number of esters is 1. The summed E-state index contributed by atoms with van der Waals surface area (Å²) in [6.07, 6.45) is 3.75. The summed E-state index contributed by atoms with van der Waals surface area (Å²) in [7, 11) is 2.97. The van der Waals surface area contributed by atoms with Gasteiger partial charge in [-0.1, -0.05) is 6.08 Å². The van der Waals surface area contributed by atoms with Crippen LogP contribution in [0, 0.1) is 0 Å². The molecule has 0 rings (SSSR count). The first kappa shape index (κ1) is 11.2. The van der Waals surface area contributed by atoms with Crippen LogP contribution in [0.2, 0.25) is 0 Å². The van der Waals surface area contributed by atoms with Crippen molar-refractivity contribution in [1.29, 1.82) is 0 Å². The van der Waals surface area contributed by atoms with Crippen LogP contribution in [0.3, 0.4) is 0 Å². The molecule has 1 atom stereocenters. The van der Waals surface area contributed by atoms with Gasteiger partial charge in [0, 0.05) is 7.11 Å². The molecular formula is C9H16O3. The van der Waals surface area contributed by atoms with Gasteiger partial charge in [-0.2, -0.15) is 0 Å². The molecule has 3 heteroatoms. The number of carbonyl (C=O) groups is 1. The quantitative estimate of drug-likeness (QED) is 0.450. The van der Waals surface area contributed by atoms with Crippen LogP contribution in [0.4, 0.5) is 0 Å². The maximum Gasteiger partial charge on any atom is 0.308 e. The summed E-state index contributed by atoms with van der Waals surface area (Å²) >= 11 is 0. The lowest BCUT2D eigenvalue weighted by Gasteiger charge is -2.11. The first-order valence-electron chi connectivity index (χ1n) is 3.95. The second-order valence-electron chi connectivity index (χ2n) is 2.50. The Balaban J connectivity index is 3.66. The van der Waals surface area contributed by atoms with E-state index in [1.807, 2.05) is 6.08 Å². The van der Waals surface area contributed by atoms with Crippen molar-refractivity contribution in [1.82, 2.24) is 0 Å². The van der Waals surface area contributed by atoms with Crippen molar-refractivity contribution in [3.63, 3.8) is 0 Å². The standard InChI is InChI=1S/C9H16O3/c1-4-5-6-8(11-2)7-9(10)12-3/h4,8H,1,5-7H2,2-3H3/t8-/m1/s1. The van der Waals surface area contributed by atoms with Crippen LogP contribution in [0.5, 0.6) is 0 Å². The molecule has 0 unspecified atom stereocenters. The molecule has 0 fully saturated rings.